The van der Waals surface area contributed by atoms with Gasteiger partial charge in [-0.3, -0.25) is 0 Å². The van der Waals surface area contributed by atoms with Crippen molar-refractivity contribution >= 4 is 28.9 Å². The van der Waals surface area contributed by atoms with Crippen molar-refractivity contribution in [3.05, 3.63) is 52.0 Å². The molecule has 112 valence electrons. The third-order valence-corrected chi connectivity index (χ3v) is 4.49. The first kappa shape index (κ1) is 16.2. The molecule has 0 atom stereocenters. The van der Waals surface area contributed by atoms with Gasteiger partial charge in [-0.25, -0.2) is 0 Å². The molecule has 0 bridgehead atoms. The van der Waals surface area contributed by atoms with E-state index in [1.54, 1.807) is 12.1 Å². The number of nitrogen functional groups attached to an aromatic ring is 1. The molecule has 2 rings (SSSR count). The van der Waals surface area contributed by atoms with E-state index in [0.29, 0.717) is 15.7 Å². The number of hydrogen-bond donors (Lipinski definition) is 1. The maximum Gasteiger partial charge on any atom is 0.0691 e. The van der Waals surface area contributed by atoms with E-state index in [-0.39, 0.29) is 0 Å². The summed E-state index contributed by atoms with van der Waals surface area (Å²) in [6.45, 7) is 2.23. The Morgan fingerprint density at radius 3 is 2.29 bits per heavy atom. The molecule has 0 fully saturated rings. The highest BCUT2D eigenvalue weighted by molar-refractivity contribution is 6.44. The smallest absolute Gasteiger partial charge is 0.0691 e. The molecule has 0 aliphatic carbocycles. The lowest BCUT2D eigenvalue weighted by Crippen LogP contribution is -1.92. The minimum Gasteiger partial charge on any atom is -0.398 e. The lowest BCUT2D eigenvalue weighted by Gasteiger charge is -2.10. The molecule has 0 aliphatic rings. The Kier molecular flexibility index (Phi) is 5.96. The first-order valence-electron chi connectivity index (χ1n) is 7.46. The molecule has 0 radical (unpaired) electrons. The average Bonchev–Trinajstić information content (AvgIpc) is 2.49. The molecule has 21 heavy (non-hydrogen) atoms. The molecule has 3 heteroatoms. The number of unbranched alkanes of at least 4 members (excludes halogenated alkanes) is 3. The number of aryl methyl sites for hydroxylation is 1. The number of nitrogens with two attached hydrogens (primary N) is 1. The molecule has 2 aromatic rings. The first-order valence-corrected chi connectivity index (χ1v) is 8.22. The molecule has 0 saturated heterocycles. The zero-order valence-electron chi connectivity index (χ0n) is 12.3. The van der Waals surface area contributed by atoms with Crippen LogP contribution in [0, 0.1) is 0 Å². The standard InChI is InChI=1S/C18H21Cl2N/c1-2-3-4-5-6-13-7-9-14(10-8-13)17-16(21)12-11-15(19)18(17)20/h7-12H,2-6,21H2,1H3. The summed E-state index contributed by atoms with van der Waals surface area (Å²) >= 11 is 12.4. The van der Waals surface area contributed by atoms with Gasteiger partial charge in [-0.1, -0.05) is 73.7 Å². The van der Waals surface area contributed by atoms with Gasteiger partial charge in [0.2, 0.25) is 0 Å². The summed E-state index contributed by atoms with van der Waals surface area (Å²) in [6.07, 6.45) is 6.25. The monoisotopic (exact) mass is 321 g/mol. The lowest BCUT2D eigenvalue weighted by atomic mass is 10.00. The van der Waals surface area contributed by atoms with Crippen molar-refractivity contribution in [3.63, 3.8) is 0 Å². The van der Waals surface area contributed by atoms with Crippen LogP contribution in [0.15, 0.2) is 36.4 Å². The Hall–Kier alpha value is -1.18. The van der Waals surface area contributed by atoms with Gasteiger partial charge in [-0.05, 0) is 36.1 Å². The highest BCUT2D eigenvalue weighted by atomic mass is 35.5. The van der Waals surface area contributed by atoms with E-state index in [1.807, 2.05) is 0 Å². The van der Waals surface area contributed by atoms with Crippen LogP contribution >= 0.6 is 23.2 Å². The fourth-order valence-corrected chi connectivity index (χ4v) is 2.89. The number of rotatable bonds is 6. The molecular formula is C18H21Cl2N. The third-order valence-electron chi connectivity index (χ3n) is 3.69. The Morgan fingerprint density at radius 2 is 1.62 bits per heavy atom. The largest absolute Gasteiger partial charge is 0.398 e. The van der Waals surface area contributed by atoms with Gasteiger partial charge >= 0.3 is 0 Å². The average molecular weight is 322 g/mol. The van der Waals surface area contributed by atoms with Gasteiger partial charge in [0, 0.05) is 11.3 Å². The number of hydrogen-bond acceptors (Lipinski definition) is 1. The fraction of sp³-hybridized carbons (Fsp3) is 0.333. The Balaban J connectivity index is 2.14. The fourth-order valence-electron chi connectivity index (χ4n) is 2.45. The Bertz CT molecular complexity index is 591. The second-order valence-corrected chi connectivity index (χ2v) is 6.12. The summed E-state index contributed by atoms with van der Waals surface area (Å²) in [4.78, 5) is 0. The van der Waals surface area contributed by atoms with Gasteiger partial charge in [-0.15, -0.1) is 0 Å². The number of benzene rings is 2. The van der Waals surface area contributed by atoms with Crippen LogP contribution in [0.25, 0.3) is 11.1 Å². The van der Waals surface area contributed by atoms with Crippen molar-refractivity contribution < 1.29 is 0 Å². The van der Waals surface area contributed by atoms with Gasteiger partial charge in [-0.2, -0.15) is 0 Å². The van der Waals surface area contributed by atoms with E-state index in [1.165, 1.54) is 31.2 Å². The minimum absolute atomic E-state index is 0.521. The van der Waals surface area contributed by atoms with Crippen LogP contribution < -0.4 is 5.73 Å². The van der Waals surface area contributed by atoms with Crippen LogP contribution in [0.1, 0.15) is 38.2 Å². The molecule has 2 N–H and O–H groups in total. The van der Waals surface area contributed by atoms with Crippen LogP contribution in [0.4, 0.5) is 5.69 Å². The van der Waals surface area contributed by atoms with E-state index in [0.717, 1.165) is 17.5 Å². The summed E-state index contributed by atoms with van der Waals surface area (Å²) < 4.78 is 0. The highest BCUT2D eigenvalue weighted by Gasteiger charge is 2.11. The molecule has 0 aromatic heterocycles. The zero-order valence-corrected chi connectivity index (χ0v) is 13.8. The first-order chi connectivity index (χ1) is 10.1. The predicted molar refractivity (Wildman–Crippen MR) is 94.2 cm³/mol. The second kappa shape index (κ2) is 7.72. The molecular weight excluding hydrogens is 301 g/mol. The van der Waals surface area contributed by atoms with E-state index < -0.39 is 0 Å². The van der Waals surface area contributed by atoms with Gasteiger partial charge < -0.3 is 5.73 Å². The second-order valence-electron chi connectivity index (χ2n) is 5.33. The van der Waals surface area contributed by atoms with Crippen molar-refractivity contribution in [3.8, 4) is 11.1 Å². The van der Waals surface area contributed by atoms with Crippen molar-refractivity contribution in [2.75, 3.05) is 5.73 Å². The van der Waals surface area contributed by atoms with Crippen molar-refractivity contribution in [1.29, 1.82) is 0 Å². The van der Waals surface area contributed by atoms with Gasteiger partial charge in [0.25, 0.3) is 0 Å². The topological polar surface area (TPSA) is 26.0 Å². The molecule has 1 nitrogen and oxygen atoms in total. The third kappa shape index (κ3) is 4.15. The summed E-state index contributed by atoms with van der Waals surface area (Å²) in [5, 5.41) is 1.05. The molecule has 0 heterocycles. The number of halogens is 2. The van der Waals surface area contributed by atoms with E-state index >= 15 is 0 Å². The van der Waals surface area contributed by atoms with Gasteiger partial charge in [0.1, 0.15) is 0 Å². The van der Waals surface area contributed by atoms with E-state index in [4.69, 9.17) is 28.9 Å². The van der Waals surface area contributed by atoms with Crippen molar-refractivity contribution in [2.45, 2.75) is 39.0 Å². The summed E-state index contributed by atoms with van der Waals surface area (Å²) in [6, 6.07) is 12.0. The summed E-state index contributed by atoms with van der Waals surface area (Å²) in [5.74, 6) is 0. The lowest BCUT2D eigenvalue weighted by molar-refractivity contribution is 0.667. The van der Waals surface area contributed by atoms with Gasteiger partial charge in [0.05, 0.1) is 10.0 Å². The Labute approximate surface area is 137 Å². The van der Waals surface area contributed by atoms with Gasteiger partial charge in [0.15, 0.2) is 0 Å². The predicted octanol–water partition coefficient (Wildman–Crippen LogP) is 6.37. The normalized spacial score (nSPS) is 10.8. The highest BCUT2D eigenvalue weighted by Crippen LogP contribution is 2.38. The molecule has 0 amide bonds. The molecule has 0 unspecified atom stereocenters. The molecule has 2 aromatic carbocycles. The zero-order chi connectivity index (χ0) is 15.2. The van der Waals surface area contributed by atoms with Crippen LogP contribution in [0.3, 0.4) is 0 Å². The van der Waals surface area contributed by atoms with Crippen LogP contribution in [-0.4, -0.2) is 0 Å². The molecule has 0 aliphatic heterocycles. The summed E-state index contributed by atoms with van der Waals surface area (Å²) in [7, 11) is 0. The van der Waals surface area contributed by atoms with Crippen molar-refractivity contribution in [1.82, 2.24) is 0 Å². The van der Waals surface area contributed by atoms with Crippen molar-refractivity contribution in [2.24, 2.45) is 0 Å². The van der Waals surface area contributed by atoms with Crippen LogP contribution in [-0.2, 0) is 6.42 Å². The van der Waals surface area contributed by atoms with Crippen LogP contribution in [0.5, 0.6) is 0 Å². The van der Waals surface area contributed by atoms with Crippen LogP contribution in [0.2, 0.25) is 10.0 Å². The summed E-state index contributed by atoms with van der Waals surface area (Å²) in [5.41, 5.74) is 9.87. The minimum atomic E-state index is 0.521. The maximum absolute atomic E-state index is 6.28. The Morgan fingerprint density at radius 1 is 0.905 bits per heavy atom. The molecule has 0 saturated carbocycles. The SMILES string of the molecule is CCCCCCc1ccc(-c2c(N)ccc(Cl)c2Cl)cc1. The van der Waals surface area contributed by atoms with E-state index in [9.17, 15) is 0 Å². The van der Waals surface area contributed by atoms with E-state index in [2.05, 4.69) is 31.2 Å². The number of anilines is 1. The maximum atomic E-state index is 6.28. The molecule has 0 spiro atoms. The quantitative estimate of drug-likeness (QED) is 0.485.